The molecule has 3 N–H and O–H groups in total. The molecule has 2 aromatic heterocycles. The summed E-state index contributed by atoms with van der Waals surface area (Å²) in [6.45, 7) is 5.87. The van der Waals surface area contributed by atoms with Crippen molar-refractivity contribution in [2.45, 2.75) is 31.5 Å². The highest BCUT2D eigenvalue weighted by Gasteiger charge is 2.13. The van der Waals surface area contributed by atoms with Crippen LogP contribution in [0.2, 0.25) is 0 Å². The maximum absolute atomic E-state index is 11.8. The zero-order valence-electron chi connectivity index (χ0n) is 10.0. The van der Waals surface area contributed by atoms with Gasteiger partial charge in [0.2, 0.25) is 0 Å². The fourth-order valence-corrected chi connectivity index (χ4v) is 3.12. The van der Waals surface area contributed by atoms with Crippen molar-refractivity contribution in [1.29, 1.82) is 0 Å². The Labute approximate surface area is 108 Å². The lowest BCUT2D eigenvalue weighted by Gasteiger charge is -2.16. The Morgan fingerprint density at radius 3 is 2.94 bits per heavy atom. The molecule has 0 spiro atoms. The Balaban J connectivity index is 2.33. The largest absolute Gasteiger partial charge is 0.325 e. The van der Waals surface area contributed by atoms with E-state index < -0.39 is 0 Å². The molecule has 0 aliphatic rings. The number of nitrogens with two attached hydrogens (primary N) is 1. The highest BCUT2D eigenvalue weighted by molar-refractivity contribution is 7.99. The Bertz CT molecular complexity index is 595. The molecule has 0 aliphatic carbocycles. The summed E-state index contributed by atoms with van der Waals surface area (Å²) in [5.41, 5.74) is 5.55. The van der Waals surface area contributed by atoms with Crippen LogP contribution in [0, 0.1) is 6.92 Å². The van der Waals surface area contributed by atoms with Gasteiger partial charge >= 0.3 is 0 Å². The third-order valence-electron chi connectivity index (χ3n) is 2.08. The molecule has 2 aromatic rings. The number of thiophene rings is 1. The zero-order chi connectivity index (χ0) is 12.6. The second-order valence-corrected chi connectivity index (χ2v) is 6.92. The number of hydrogen-bond donors (Lipinski definition) is 2. The van der Waals surface area contributed by atoms with Crippen LogP contribution in [0.5, 0.6) is 0 Å². The number of nitrogens with zero attached hydrogens (tertiary/aromatic N) is 1. The van der Waals surface area contributed by atoms with E-state index in [2.05, 4.69) is 9.97 Å². The third-order valence-corrected chi connectivity index (χ3v) is 4.38. The van der Waals surface area contributed by atoms with Crippen LogP contribution < -0.4 is 11.3 Å². The highest BCUT2D eigenvalue weighted by atomic mass is 32.2. The molecule has 92 valence electrons. The van der Waals surface area contributed by atoms with E-state index in [1.165, 1.54) is 23.1 Å². The van der Waals surface area contributed by atoms with E-state index in [-0.39, 0.29) is 11.1 Å². The number of fused-ring (bicyclic) bond motifs is 1. The van der Waals surface area contributed by atoms with E-state index in [4.69, 9.17) is 5.73 Å². The average Bonchev–Trinajstić information content (AvgIpc) is 2.55. The first kappa shape index (κ1) is 12.6. The second kappa shape index (κ2) is 4.44. The first-order chi connectivity index (χ1) is 7.85. The molecule has 17 heavy (non-hydrogen) atoms. The van der Waals surface area contributed by atoms with Crippen LogP contribution in [0.15, 0.2) is 16.0 Å². The van der Waals surface area contributed by atoms with Gasteiger partial charge in [-0.1, -0.05) is 11.8 Å². The van der Waals surface area contributed by atoms with Gasteiger partial charge in [0.05, 0.1) is 5.39 Å². The van der Waals surface area contributed by atoms with Crippen molar-refractivity contribution in [2.75, 3.05) is 5.75 Å². The van der Waals surface area contributed by atoms with Crippen LogP contribution in [-0.4, -0.2) is 21.3 Å². The predicted octanol–water partition coefficient (Wildman–Crippen LogP) is 2.12. The molecule has 0 saturated heterocycles. The normalized spacial score (nSPS) is 12.2. The Morgan fingerprint density at radius 2 is 2.29 bits per heavy atom. The van der Waals surface area contributed by atoms with E-state index in [0.29, 0.717) is 16.3 Å². The van der Waals surface area contributed by atoms with Crippen LogP contribution >= 0.6 is 23.1 Å². The Kier molecular flexibility index (Phi) is 3.29. The molecule has 2 rings (SSSR count). The van der Waals surface area contributed by atoms with Crippen molar-refractivity contribution in [2.24, 2.45) is 5.73 Å². The van der Waals surface area contributed by atoms with Gasteiger partial charge in [0.15, 0.2) is 5.16 Å². The summed E-state index contributed by atoms with van der Waals surface area (Å²) in [7, 11) is 0. The van der Waals surface area contributed by atoms with Gasteiger partial charge < -0.3 is 10.7 Å². The minimum Gasteiger partial charge on any atom is -0.325 e. The molecule has 0 aliphatic heterocycles. The lowest BCUT2D eigenvalue weighted by Crippen LogP contribution is -2.34. The van der Waals surface area contributed by atoms with Gasteiger partial charge in [0.1, 0.15) is 4.83 Å². The Morgan fingerprint density at radius 1 is 1.59 bits per heavy atom. The number of aryl methyl sites for hydroxylation is 1. The first-order valence-corrected chi connectivity index (χ1v) is 7.07. The number of aromatic nitrogens is 2. The van der Waals surface area contributed by atoms with Gasteiger partial charge in [-0.05, 0) is 26.8 Å². The van der Waals surface area contributed by atoms with Gasteiger partial charge in [-0.15, -0.1) is 11.3 Å². The molecular weight excluding hydrogens is 254 g/mol. The quantitative estimate of drug-likeness (QED) is 0.661. The van der Waals surface area contributed by atoms with E-state index >= 15 is 0 Å². The van der Waals surface area contributed by atoms with Crippen molar-refractivity contribution in [3.8, 4) is 0 Å². The number of nitrogens with one attached hydrogen (secondary N) is 1. The fourth-order valence-electron chi connectivity index (χ4n) is 1.36. The van der Waals surface area contributed by atoms with Crippen LogP contribution in [-0.2, 0) is 0 Å². The van der Waals surface area contributed by atoms with Crippen molar-refractivity contribution < 1.29 is 0 Å². The Hall–Kier alpha value is -0.850. The maximum atomic E-state index is 11.8. The van der Waals surface area contributed by atoms with Crippen LogP contribution in [0.25, 0.3) is 10.2 Å². The number of H-pyrrole nitrogens is 1. The van der Waals surface area contributed by atoms with Gasteiger partial charge in [-0.3, -0.25) is 4.79 Å². The minimum absolute atomic E-state index is 0.0725. The van der Waals surface area contributed by atoms with Crippen LogP contribution in [0.3, 0.4) is 0 Å². The van der Waals surface area contributed by atoms with E-state index in [0.717, 1.165) is 9.71 Å². The summed E-state index contributed by atoms with van der Waals surface area (Å²) in [5, 5.41) is 1.31. The number of rotatable bonds is 3. The van der Waals surface area contributed by atoms with Gasteiger partial charge in [0.25, 0.3) is 5.56 Å². The van der Waals surface area contributed by atoms with Crippen molar-refractivity contribution in [3.63, 3.8) is 0 Å². The van der Waals surface area contributed by atoms with Gasteiger partial charge in [-0.25, -0.2) is 4.98 Å². The number of thioether (sulfide) groups is 1. The molecule has 0 aromatic carbocycles. The first-order valence-electron chi connectivity index (χ1n) is 5.27. The lowest BCUT2D eigenvalue weighted by atomic mass is 10.1. The van der Waals surface area contributed by atoms with Crippen molar-refractivity contribution in [3.05, 3.63) is 21.3 Å². The molecular formula is C11H15N3OS2. The summed E-state index contributed by atoms with van der Waals surface area (Å²) in [5.74, 6) is 0.714. The minimum atomic E-state index is -0.274. The van der Waals surface area contributed by atoms with Crippen LogP contribution in [0.4, 0.5) is 0 Å². The molecule has 2 heterocycles. The SMILES string of the molecule is Cc1cc2c(=O)[nH]c(SCC(C)(C)N)nc2s1. The second-order valence-electron chi connectivity index (χ2n) is 4.72. The van der Waals surface area contributed by atoms with Crippen LogP contribution in [0.1, 0.15) is 18.7 Å². The molecule has 0 atom stereocenters. The standard InChI is InChI=1S/C11H15N3OS2/c1-6-4-7-8(15)13-10(14-9(7)17-6)16-5-11(2,3)12/h4H,5,12H2,1-3H3,(H,13,14,15). The maximum Gasteiger partial charge on any atom is 0.260 e. The molecule has 4 nitrogen and oxygen atoms in total. The molecule has 6 heteroatoms. The predicted molar refractivity (Wildman–Crippen MR) is 74.0 cm³/mol. The van der Waals surface area contributed by atoms with Crippen molar-refractivity contribution in [1.82, 2.24) is 9.97 Å². The number of hydrogen-bond acceptors (Lipinski definition) is 5. The molecule has 0 amide bonds. The average molecular weight is 269 g/mol. The summed E-state index contributed by atoms with van der Waals surface area (Å²) in [4.78, 5) is 20.9. The molecule has 0 saturated carbocycles. The summed E-state index contributed by atoms with van der Waals surface area (Å²) in [6, 6.07) is 1.87. The lowest BCUT2D eigenvalue weighted by molar-refractivity contribution is 0.590. The summed E-state index contributed by atoms with van der Waals surface area (Å²) < 4.78 is 0. The molecule has 0 bridgehead atoms. The monoisotopic (exact) mass is 269 g/mol. The molecule has 0 radical (unpaired) electrons. The summed E-state index contributed by atoms with van der Waals surface area (Å²) in [6.07, 6.45) is 0. The fraction of sp³-hybridized carbons (Fsp3) is 0.455. The smallest absolute Gasteiger partial charge is 0.260 e. The van der Waals surface area contributed by atoms with Crippen molar-refractivity contribution >= 4 is 33.3 Å². The van der Waals surface area contributed by atoms with Gasteiger partial charge in [-0.2, -0.15) is 0 Å². The zero-order valence-corrected chi connectivity index (χ0v) is 11.7. The summed E-state index contributed by atoms with van der Waals surface area (Å²) >= 11 is 3.02. The van der Waals surface area contributed by atoms with Gasteiger partial charge in [0, 0.05) is 16.2 Å². The molecule has 0 fully saturated rings. The molecule has 0 unspecified atom stereocenters. The van der Waals surface area contributed by atoms with E-state index in [1.54, 1.807) is 0 Å². The topological polar surface area (TPSA) is 71.8 Å². The number of aromatic amines is 1. The highest BCUT2D eigenvalue weighted by Crippen LogP contribution is 2.23. The van der Waals surface area contributed by atoms with E-state index in [1.807, 2.05) is 26.8 Å². The third kappa shape index (κ3) is 3.08. The van der Waals surface area contributed by atoms with E-state index in [9.17, 15) is 4.79 Å².